The summed E-state index contributed by atoms with van der Waals surface area (Å²) in [6.07, 6.45) is 10.9. The maximum Gasteiger partial charge on any atom is 2.00 e. The van der Waals surface area contributed by atoms with Crippen molar-refractivity contribution < 1.29 is 79.7 Å². The van der Waals surface area contributed by atoms with Gasteiger partial charge in [-0.05, 0) is 157 Å². The smallest absolute Gasteiger partial charge is 0.591 e. The third kappa shape index (κ3) is 22.4. The van der Waals surface area contributed by atoms with Crippen LogP contribution in [0.1, 0.15) is 53.9 Å². The average Bonchev–Trinajstić information content (AvgIpc) is 1.64. The zero-order chi connectivity index (χ0) is 72.4. The second-order valence-corrected chi connectivity index (χ2v) is 23.4. The second-order valence-electron chi connectivity index (χ2n) is 20.3. The molecule has 0 amide bonds. The number of hydrogen-bond donors (Lipinski definition) is 2. The van der Waals surface area contributed by atoms with Crippen molar-refractivity contribution in [2.75, 3.05) is 63.5 Å². The van der Waals surface area contributed by atoms with Crippen LogP contribution < -0.4 is 37.9 Å². The number of benzene rings is 6. The minimum Gasteiger partial charge on any atom is -0.591 e. The van der Waals surface area contributed by atoms with Gasteiger partial charge in [-0.1, -0.05) is 107 Å². The van der Waals surface area contributed by atoms with E-state index in [4.69, 9.17) is 123 Å². The van der Waals surface area contributed by atoms with Crippen LogP contribution in [0.25, 0.3) is 67.2 Å². The van der Waals surface area contributed by atoms with Crippen LogP contribution in [0.5, 0.6) is 57.5 Å². The van der Waals surface area contributed by atoms with E-state index in [0.29, 0.717) is 107 Å². The quantitative estimate of drug-likeness (QED) is 0.0312. The average molecular weight is 1630 g/mol. The molecule has 0 bridgehead atoms. The molecule has 6 aromatic carbocycles. The molecule has 19 nitrogen and oxygen atoms in total. The number of ketones is 1. The Morgan fingerprint density at radius 1 is 0.500 bits per heavy atom. The molecule has 12 aromatic rings. The minimum absolute atomic E-state index is 0. The van der Waals surface area contributed by atoms with Gasteiger partial charge >= 0.3 is 23.1 Å². The molecule has 534 valence electrons. The van der Waals surface area contributed by atoms with Crippen LogP contribution in [0.3, 0.4) is 0 Å². The molecule has 0 aliphatic heterocycles. The van der Waals surface area contributed by atoms with Crippen molar-refractivity contribution in [2.24, 2.45) is 0 Å². The van der Waals surface area contributed by atoms with E-state index in [9.17, 15) is 15.0 Å². The number of aromatic hydroxyl groups is 2. The van der Waals surface area contributed by atoms with Crippen LogP contribution in [-0.2, 0) is 4.74 Å². The molecular weight excluding hydrogens is 1560 g/mol. The van der Waals surface area contributed by atoms with E-state index in [2.05, 4.69) is 42.8 Å². The van der Waals surface area contributed by atoms with E-state index in [-0.39, 0.29) is 80.1 Å². The van der Waals surface area contributed by atoms with Crippen molar-refractivity contribution >= 4 is 122 Å². The number of carbonyl (C=O) groups is 1. The zero-order valence-electron chi connectivity index (χ0n) is 57.2. The van der Waals surface area contributed by atoms with Gasteiger partial charge in [0.25, 0.3) is 0 Å². The number of unbranched alkanes of at least 4 members (excludes halogenated alkanes) is 1. The van der Waals surface area contributed by atoms with Gasteiger partial charge in [0, 0.05) is 23.3 Å². The number of carbonyl (C=O) groups excluding carboxylic acids is 1. The van der Waals surface area contributed by atoms with E-state index in [1.54, 1.807) is 114 Å². The van der Waals surface area contributed by atoms with E-state index in [1.807, 2.05) is 68.4 Å². The van der Waals surface area contributed by atoms with Gasteiger partial charge in [-0.3, -0.25) is 4.79 Å². The summed E-state index contributed by atoms with van der Waals surface area (Å²) >= 11 is 31.5. The van der Waals surface area contributed by atoms with E-state index in [1.165, 1.54) is 58.3 Å². The number of Topliss-reactive ketones (excluding diaryl/α,β-unsaturated/α-hetero) is 1. The first-order valence-electron chi connectivity index (χ1n) is 30.1. The Balaban J connectivity index is 0.000000236. The number of methoxy groups -OCH3 is 8. The number of hydrogen-bond acceptors (Lipinski definition) is 20. The molecule has 0 spiro atoms. The number of phenols is 2. The summed E-state index contributed by atoms with van der Waals surface area (Å²) in [5, 5.41) is 30.7. The van der Waals surface area contributed by atoms with Crippen LogP contribution in [0.15, 0.2) is 174 Å². The van der Waals surface area contributed by atoms with Crippen molar-refractivity contribution in [3.8, 4) is 125 Å². The van der Waals surface area contributed by atoms with Crippen LogP contribution in [0.4, 0.5) is 0 Å². The Morgan fingerprint density at radius 3 is 1.18 bits per heavy atom. The number of aryl methyl sites for hydroxylation is 1. The molecule has 27 heteroatoms. The largest absolute Gasteiger partial charge is 2.00 e. The molecule has 0 aliphatic carbocycles. The van der Waals surface area contributed by atoms with E-state index >= 15 is 0 Å². The summed E-state index contributed by atoms with van der Waals surface area (Å²) < 4.78 is 73.7. The molecule has 0 fully saturated rings. The first kappa shape index (κ1) is 84.5. The predicted molar refractivity (Wildman–Crippen MR) is 408 cm³/mol. The van der Waals surface area contributed by atoms with Crippen molar-refractivity contribution in [3.05, 3.63) is 219 Å². The van der Waals surface area contributed by atoms with Crippen LogP contribution in [0, 0.1) is 32.6 Å². The maximum atomic E-state index is 13.3. The SMILES string of the molecule is CCOC(C(=O)c1ccc(-c2cc(OC)c(Cl)c(OC)c2)o1)c1ccc(-c2nnc(C)s2)cc1.COc1cc(-c2cc[c-]o2)cc(O)c1Cl.COc1cc(-c2cc[c-]o2)cc(O)c1Cl.COc1cc(-c2cc[c-]o2)cc(OC)c1Cl.COc1cc(-c2ccco2)cc(OC)c1Cl.I.[CH2-]CCC.[Mg+2]. The normalized spacial score (nSPS) is 10.5. The predicted octanol–water partition coefficient (Wildman–Crippen LogP) is 21.5. The van der Waals surface area contributed by atoms with Crippen molar-refractivity contribution in [1.82, 2.24) is 10.2 Å². The molecule has 6 aromatic heterocycles. The second kappa shape index (κ2) is 42.4. The summed E-state index contributed by atoms with van der Waals surface area (Å²) in [5.41, 5.74) is 5.40. The van der Waals surface area contributed by atoms with Gasteiger partial charge in [-0.25, -0.2) is 0 Å². The van der Waals surface area contributed by atoms with Gasteiger partial charge in [0.2, 0.25) is 5.78 Å². The number of phenolic OH excluding ortho intramolecular Hbond substituents is 2. The Morgan fingerprint density at radius 2 is 0.863 bits per heavy atom. The monoisotopic (exact) mass is 1630 g/mol. The number of ether oxygens (including phenoxy) is 9. The molecule has 2 N–H and O–H groups in total. The van der Waals surface area contributed by atoms with Crippen molar-refractivity contribution in [1.29, 1.82) is 0 Å². The van der Waals surface area contributed by atoms with Crippen LogP contribution >= 0.6 is 93.3 Å². The molecule has 102 heavy (non-hydrogen) atoms. The molecule has 0 aliphatic rings. The Bertz CT molecular complexity index is 4240. The van der Waals surface area contributed by atoms with Crippen LogP contribution in [-0.4, -0.2) is 113 Å². The Kier molecular flexibility index (Phi) is 35.2. The van der Waals surface area contributed by atoms with Crippen LogP contribution in [0.2, 0.25) is 25.1 Å². The number of halogens is 6. The summed E-state index contributed by atoms with van der Waals surface area (Å²) in [7, 11) is 12.2. The van der Waals surface area contributed by atoms with Crippen molar-refractivity contribution in [2.45, 2.75) is 39.7 Å². The fourth-order valence-electron chi connectivity index (χ4n) is 8.87. The first-order chi connectivity index (χ1) is 48.3. The fraction of sp³-hybridized carbons (Fsp3) is 0.200. The minimum atomic E-state index is -0.802. The summed E-state index contributed by atoms with van der Waals surface area (Å²) in [6, 6.07) is 41.9. The van der Waals surface area contributed by atoms with Gasteiger partial charge in [-0.15, -0.1) is 52.4 Å². The van der Waals surface area contributed by atoms with E-state index in [0.717, 1.165) is 44.5 Å². The van der Waals surface area contributed by atoms with Gasteiger partial charge in [-0.2, -0.15) is 24.6 Å². The molecule has 1 unspecified atom stereocenters. The molecule has 1 atom stereocenters. The molecule has 0 saturated heterocycles. The summed E-state index contributed by atoms with van der Waals surface area (Å²) in [6.45, 7) is 9.85. The maximum absolute atomic E-state index is 13.3. The zero-order valence-corrected chi connectivity index (χ0v) is 65.5. The molecule has 6 heterocycles. The fourth-order valence-corrected chi connectivity index (χ4v) is 10.7. The van der Waals surface area contributed by atoms with Gasteiger partial charge in [0.15, 0.2) is 5.76 Å². The molecule has 12 rings (SSSR count). The summed E-state index contributed by atoms with van der Waals surface area (Å²) in [5.74, 6) is 6.86. The molecule has 0 radical (unpaired) electrons. The number of furan rings is 5. The van der Waals surface area contributed by atoms with Gasteiger partial charge in [0.05, 0.1) is 63.1 Å². The van der Waals surface area contributed by atoms with E-state index < -0.39 is 6.10 Å². The standard InChI is InChI=1S/C25H23ClN2O5S.C12H11ClO3.C12H10ClO3.2C11H8ClO3.C4H9.HI.Mg/c1-5-32-24(15-6-8-16(9-7-15)25-28-27-14(2)34-25)23(29)19-11-10-18(33-19)17-12-20(30-3)22(26)21(13-17)31-4;2*1-14-10-6-8(9-4-3-5-16-9)7-11(15-2)12(10)13;2*1-14-10-6-7(5-8(13)11(10)12)9-3-2-4-15-9;1-3-4-2;;/h6-13,24H,5H2,1-4H3;3-7H,1-2H3;3-4,6-7H,1-2H3;2*2-3,5-6,13H,1H3;1,3-4H2,2H3;1H;/q;;4*-1;;+2. The number of nitrogens with zero attached hydrogens (tertiary/aromatic N) is 2. The first-order valence-corrected chi connectivity index (χ1v) is 32.8. The third-order valence-corrected chi connectivity index (χ3v) is 16.7. The molecular formula is C75H70Cl5IMgN2O17S-2. The van der Waals surface area contributed by atoms with Crippen molar-refractivity contribution in [3.63, 3.8) is 0 Å². The van der Waals surface area contributed by atoms with Gasteiger partial charge in [0.1, 0.15) is 110 Å². The topological polar surface area (TPSA) is 232 Å². The molecule has 0 saturated carbocycles. The van der Waals surface area contributed by atoms with Gasteiger partial charge < -0.3 is 81.9 Å². The summed E-state index contributed by atoms with van der Waals surface area (Å²) in [4.78, 5) is 13.3. The Hall–Kier alpha value is -8.14. The Labute approximate surface area is 653 Å². The number of aromatic nitrogens is 2. The third-order valence-electron chi connectivity index (χ3n) is 13.9. The number of rotatable bonds is 20.